The molecule has 1 atom stereocenters. The number of hydrogen-bond donors (Lipinski definition) is 0. The van der Waals surface area contributed by atoms with E-state index in [0.717, 1.165) is 57.2 Å². The Labute approximate surface area is 198 Å². The van der Waals surface area contributed by atoms with Gasteiger partial charge in [0.1, 0.15) is 5.75 Å². The Morgan fingerprint density at radius 2 is 2.03 bits per heavy atom. The molecule has 1 aromatic carbocycles. The number of aryl methyl sites for hydroxylation is 2. The van der Waals surface area contributed by atoms with Crippen molar-refractivity contribution in [2.45, 2.75) is 59.2 Å². The van der Waals surface area contributed by atoms with Crippen LogP contribution in [0.3, 0.4) is 0 Å². The summed E-state index contributed by atoms with van der Waals surface area (Å²) in [6, 6.07) is 8.51. The molecule has 32 heavy (non-hydrogen) atoms. The lowest BCUT2D eigenvalue weighted by Crippen LogP contribution is -2.29. The lowest BCUT2D eigenvalue weighted by molar-refractivity contribution is -0.166. The van der Waals surface area contributed by atoms with Crippen LogP contribution in [0.1, 0.15) is 56.2 Å². The Bertz CT molecular complexity index is 1090. The van der Waals surface area contributed by atoms with Crippen LogP contribution in [0.15, 0.2) is 35.0 Å². The zero-order valence-electron chi connectivity index (χ0n) is 19.3. The number of carbonyl (C=O) groups is 1. The van der Waals surface area contributed by atoms with Crippen LogP contribution in [0.25, 0.3) is 21.6 Å². The summed E-state index contributed by atoms with van der Waals surface area (Å²) in [5.41, 5.74) is 4.92. The summed E-state index contributed by atoms with van der Waals surface area (Å²) < 4.78 is 17.6. The van der Waals surface area contributed by atoms with Gasteiger partial charge in [0.15, 0.2) is 6.10 Å². The second-order valence-electron chi connectivity index (χ2n) is 8.92. The highest BCUT2D eigenvalue weighted by Gasteiger charge is 2.35. The summed E-state index contributed by atoms with van der Waals surface area (Å²) in [6.07, 6.45) is 1.22. The van der Waals surface area contributed by atoms with Gasteiger partial charge in [-0.05, 0) is 87.5 Å². The van der Waals surface area contributed by atoms with E-state index in [-0.39, 0.29) is 5.97 Å². The van der Waals surface area contributed by atoms with Gasteiger partial charge in [0.05, 0.1) is 18.8 Å². The fourth-order valence-corrected chi connectivity index (χ4v) is 5.99. The molecule has 0 saturated heterocycles. The molecular formula is C26H30O4S2. The van der Waals surface area contributed by atoms with E-state index < -0.39 is 11.7 Å². The molecule has 0 amide bonds. The van der Waals surface area contributed by atoms with Gasteiger partial charge in [-0.1, -0.05) is 6.07 Å². The van der Waals surface area contributed by atoms with Gasteiger partial charge in [0.2, 0.25) is 0 Å². The Morgan fingerprint density at radius 3 is 2.72 bits per heavy atom. The van der Waals surface area contributed by atoms with E-state index in [1.54, 1.807) is 22.7 Å². The number of esters is 1. The normalized spacial score (nSPS) is 14.5. The first-order chi connectivity index (χ1) is 15.3. The van der Waals surface area contributed by atoms with Crippen molar-refractivity contribution >= 4 is 28.6 Å². The monoisotopic (exact) mass is 470 g/mol. The number of fused-ring (bicyclic) bond motifs is 1. The number of carbonyl (C=O) groups excluding carboxylic acids is 1. The third-order valence-electron chi connectivity index (χ3n) is 5.35. The minimum Gasteiger partial charge on any atom is -0.493 e. The number of thiophene rings is 2. The Balaban J connectivity index is 1.93. The van der Waals surface area contributed by atoms with E-state index in [9.17, 15) is 4.79 Å². The molecule has 4 rings (SSSR count). The third-order valence-corrected chi connectivity index (χ3v) is 7.20. The predicted octanol–water partition coefficient (Wildman–Crippen LogP) is 7.20. The topological polar surface area (TPSA) is 44.8 Å². The number of rotatable bonds is 6. The Kier molecular flexibility index (Phi) is 6.75. The lowest BCUT2D eigenvalue weighted by atomic mass is 9.92. The van der Waals surface area contributed by atoms with Gasteiger partial charge in [-0.25, -0.2) is 4.79 Å². The van der Waals surface area contributed by atoms with Gasteiger partial charge in [-0.2, -0.15) is 11.3 Å². The molecule has 0 fully saturated rings. The first-order valence-corrected chi connectivity index (χ1v) is 12.8. The molecule has 1 aliphatic heterocycles. The van der Waals surface area contributed by atoms with Crippen LogP contribution >= 0.6 is 22.7 Å². The average molecular weight is 471 g/mol. The van der Waals surface area contributed by atoms with Crippen molar-refractivity contribution in [1.82, 2.24) is 0 Å². The van der Waals surface area contributed by atoms with E-state index in [1.165, 1.54) is 5.56 Å². The van der Waals surface area contributed by atoms with Crippen molar-refractivity contribution in [3.63, 3.8) is 0 Å². The highest BCUT2D eigenvalue weighted by molar-refractivity contribution is 7.16. The summed E-state index contributed by atoms with van der Waals surface area (Å²) in [5, 5.41) is 4.24. The maximum atomic E-state index is 13.1. The zero-order valence-corrected chi connectivity index (χ0v) is 21.0. The van der Waals surface area contributed by atoms with E-state index in [2.05, 4.69) is 41.9 Å². The van der Waals surface area contributed by atoms with Crippen molar-refractivity contribution in [3.8, 4) is 27.3 Å². The molecule has 2 aromatic heterocycles. The quantitative estimate of drug-likeness (QED) is 0.357. The largest absolute Gasteiger partial charge is 0.493 e. The highest BCUT2D eigenvalue weighted by atomic mass is 32.1. The first-order valence-electron chi connectivity index (χ1n) is 11.0. The van der Waals surface area contributed by atoms with Crippen LogP contribution in [0.4, 0.5) is 0 Å². The molecule has 4 nitrogen and oxygen atoms in total. The first kappa shape index (κ1) is 23.0. The lowest BCUT2D eigenvalue weighted by Gasteiger charge is -2.27. The SMILES string of the molecule is CCOC(=O)C(OC(C)(C)C)c1c(C)sc(-c2ccsc2)c1-c1ccc2c(c1)CCCO2. The van der Waals surface area contributed by atoms with Crippen LogP contribution in [0.2, 0.25) is 0 Å². The Morgan fingerprint density at radius 1 is 1.22 bits per heavy atom. The molecule has 3 heterocycles. The van der Waals surface area contributed by atoms with Crippen LogP contribution in [-0.4, -0.2) is 24.8 Å². The second kappa shape index (κ2) is 9.38. The number of benzene rings is 1. The molecule has 6 heteroatoms. The van der Waals surface area contributed by atoms with E-state index in [1.807, 2.05) is 27.7 Å². The van der Waals surface area contributed by atoms with Gasteiger partial charge in [0.25, 0.3) is 0 Å². The van der Waals surface area contributed by atoms with Gasteiger partial charge < -0.3 is 14.2 Å². The minimum atomic E-state index is -0.791. The maximum Gasteiger partial charge on any atom is 0.340 e. The third kappa shape index (κ3) is 4.77. The average Bonchev–Trinajstić information content (AvgIpc) is 3.39. The fraction of sp³-hybridized carbons (Fsp3) is 0.423. The van der Waals surface area contributed by atoms with Crippen molar-refractivity contribution in [1.29, 1.82) is 0 Å². The molecule has 1 aliphatic rings. The zero-order chi connectivity index (χ0) is 22.9. The van der Waals surface area contributed by atoms with Crippen molar-refractivity contribution in [2.24, 2.45) is 0 Å². The standard InChI is InChI=1S/C26H30O4S2/c1-6-28-25(27)23(30-26(3,4)5)21-16(2)32-24(19-11-13-31-15-19)22(21)18-9-10-20-17(14-18)8-7-12-29-20/h9-11,13-15,23H,6-8,12H2,1-5H3. The summed E-state index contributed by atoms with van der Waals surface area (Å²) in [6.45, 7) is 10.9. The van der Waals surface area contributed by atoms with Crippen molar-refractivity contribution in [3.05, 3.63) is 51.0 Å². The van der Waals surface area contributed by atoms with Crippen LogP contribution in [0.5, 0.6) is 5.75 Å². The molecule has 0 aliphatic carbocycles. The highest BCUT2D eigenvalue weighted by Crippen LogP contribution is 2.48. The molecule has 0 spiro atoms. The second-order valence-corrected chi connectivity index (χ2v) is 10.9. The van der Waals surface area contributed by atoms with Crippen LogP contribution < -0.4 is 4.74 Å². The summed E-state index contributed by atoms with van der Waals surface area (Å²) in [7, 11) is 0. The van der Waals surface area contributed by atoms with Gasteiger partial charge in [-0.15, -0.1) is 11.3 Å². The molecule has 0 bridgehead atoms. The van der Waals surface area contributed by atoms with Crippen molar-refractivity contribution in [2.75, 3.05) is 13.2 Å². The van der Waals surface area contributed by atoms with Crippen LogP contribution in [-0.2, 0) is 20.7 Å². The molecule has 0 saturated carbocycles. The Hall–Kier alpha value is -2.15. The summed E-state index contributed by atoms with van der Waals surface area (Å²) in [4.78, 5) is 15.3. The number of ether oxygens (including phenoxy) is 3. The van der Waals surface area contributed by atoms with E-state index in [0.29, 0.717) is 6.61 Å². The molecule has 170 valence electrons. The molecule has 0 N–H and O–H groups in total. The van der Waals surface area contributed by atoms with Crippen molar-refractivity contribution < 1.29 is 19.0 Å². The van der Waals surface area contributed by atoms with E-state index >= 15 is 0 Å². The molecule has 0 radical (unpaired) electrons. The minimum absolute atomic E-state index is 0.314. The van der Waals surface area contributed by atoms with Gasteiger partial charge in [-0.3, -0.25) is 0 Å². The number of hydrogen-bond acceptors (Lipinski definition) is 6. The summed E-state index contributed by atoms with van der Waals surface area (Å²) in [5.74, 6) is 0.612. The molecular weight excluding hydrogens is 440 g/mol. The maximum absolute atomic E-state index is 13.1. The van der Waals surface area contributed by atoms with Crippen LogP contribution in [0, 0.1) is 6.92 Å². The van der Waals surface area contributed by atoms with E-state index in [4.69, 9.17) is 14.2 Å². The van der Waals surface area contributed by atoms with Gasteiger partial charge >= 0.3 is 5.97 Å². The smallest absolute Gasteiger partial charge is 0.340 e. The molecule has 3 aromatic rings. The van der Waals surface area contributed by atoms with Gasteiger partial charge in [0, 0.05) is 26.4 Å². The fourth-order valence-electron chi connectivity index (χ4n) is 4.07. The predicted molar refractivity (Wildman–Crippen MR) is 132 cm³/mol. The summed E-state index contributed by atoms with van der Waals surface area (Å²) >= 11 is 3.38. The molecule has 1 unspecified atom stereocenters.